The van der Waals surface area contributed by atoms with E-state index in [1.165, 1.54) is 11.3 Å². The molecule has 0 saturated heterocycles. The highest BCUT2D eigenvalue weighted by Crippen LogP contribution is 2.24. The molecular weight excluding hydrogens is 370 g/mol. The zero-order valence-corrected chi connectivity index (χ0v) is 16.2. The molecule has 0 fully saturated rings. The molecule has 138 valence electrons. The number of thiazole rings is 1. The Morgan fingerprint density at radius 1 is 1.18 bits per heavy atom. The summed E-state index contributed by atoms with van der Waals surface area (Å²) < 4.78 is 0. The monoisotopic (exact) mass is 387 g/mol. The van der Waals surface area contributed by atoms with Crippen molar-refractivity contribution in [3.8, 4) is 23.2 Å². The van der Waals surface area contributed by atoms with Crippen molar-refractivity contribution in [2.45, 2.75) is 19.4 Å². The smallest absolute Gasteiger partial charge is 0.174 e. The van der Waals surface area contributed by atoms with E-state index in [1.54, 1.807) is 19.3 Å². The van der Waals surface area contributed by atoms with E-state index in [-0.39, 0.29) is 0 Å². The molecule has 0 aliphatic rings. The molecule has 0 saturated carbocycles. The minimum Gasteiger partial charge on any atom is -0.382 e. The molecule has 0 radical (unpaired) electrons. The molecule has 3 aromatic heterocycles. The summed E-state index contributed by atoms with van der Waals surface area (Å²) in [5, 5.41) is 13.7. The Morgan fingerprint density at radius 2 is 2.04 bits per heavy atom. The Kier molecular flexibility index (Phi) is 4.51. The molecule has 7 heteroatoms. The molecule has 4 aromatic rings. The number of hydrogen-bond acceptors (Lipinski definition) is 7. The average Bonchev–Trinajstić information content (AvgIpc) is 3.22. The summed E-state index contributed by atoms with van der Waals surface area (Å²) in [5.41, 5.74) is 7.72. The summed E-state index contributed by atoms with van der Waals surface area (Å²) in [6, 6.07) is 9.43. The summed E-state index contributed by atoms with van der Waals surface area (Å²) in [4.78, 5) is 17.4. The van der Waals surface area contributed by atoms with Gasteiger partial charge in [-0.15, -0.1) is 11.3 Å². The Bertz CT molecular complexity index is 1220. The van der Waals surface area contributed by atoms with Crippen LogP contribution in [0.4, 0.5) is 5.82 Å². The lowest BCUT2D eigenvalue weighted by Crippen LogP contribution is -2.17. The lowest BCUT2D eigenvalue weighted by atomic mass is 10.1. The predicted octanol–water partition coefficient (Wildman–Crippen LogP) is 3.30. The zero-order valence-electron chi connectivity index (χ0n) is 15.3. The van der Waals surface area contributed by atoms with Gasteiger partial charge in [0, 0.05) is 40.0 Å². The van der Waals surface area contributed by atoms with Crippen LogP contribution in [0, 0.1) is 18.8 Å². The minimum absolute atomic E-state index is 0.383. The van der Waals surface area contributed by atoms with Gasteiger partial charge in [-0.3, -0.25) is 0 Å². The molecule has 1 unspecified atom stereocenters. The minimum atomic E-state index is -1.30. The van der Waals surface area contributed by atoms with Crippen LogP contribution in [0.3, 0.4) is 0 Å². The van der Waals surface area contributed by atoms with Gasteiger partial charge in [-0.1, -0.05) is 24.0 Å². The lowest BCUT2D eigenvalue weighted by Gasteiger charge is -2.12. The quantitative estimate of drug-likeness (QED) is 0.512. The third-order valence-electron chi connectivity index (χ3n) is 4.14. The van der Waals surface area contributed by atoms with Crippen LogP contribution in [0.1, 0.15) is 23.2 Å². The van der Waals surface area contributed by atoms with E-state index in [1.807, 2.05) is 42.6 Å². The number of aromatic nitrogens is 4. The van der Waals surface area contributed by atoms with Crippen molar-refractivity contribution in [1.29, 1.82) is 0 Å². The SMILES string of the molecule is Cc1cc2cnc(-c3cccc(C#CC(C)(O)c4nccs4)c3)nc2c(N)n1. The van der Waals surface area contributed by atoms with Crippen LogP contribution in [0.2, 0.25) is 0 Å². The van der Waals surface area contributed by atoms with Gasteiger partial charge in [-0.05, 0) is 32.0 Å². The summed E-state index contributed by atoms with van der Waals surface area (Å²) in [7, 11) is 0. The Labute approximate surface area is 166 Å². The second kappa shape index (κ2) is 7.00. The molecule has 0 bridgehead atoms. The maximum atomic E-state index is 10.5. The molecule has 0 aliphatic carbocycles. The molecule has 28 heavy (non-hydrogen) atoms. The van der Waals surface area contributed by atoms with Crippen LogP contribution in [-0.2, 0) is 5.60 Å². The molecule has 0 aliphatic heterocycles. The number of aryl methyl sites for hydroxylation is 1. The maximum Gasteiger partial charge on any atom is 0.174 e. The van der Waals surface area contributed by atoms with E-state index < -0.39 is 5.60 Å². The van der Waals surface area contributed by atoms with Crippen LogP contribution in [-0.4, -0.2) is 25.0 Å². The second-order valence-electron chi connectivity index (χ2n) is 6.52. The van der Waals surface area contributed by atoms with E-state index in [2.05, 4.69) is 31.8 Å². The van der Waals surface area contributed by atoms with Crippen molar-refractivity contribution in [1.82, 2.24) is 19.9 Å². The molecule has 3 N–H and O–H groups in total. The fourth-order valence-corrected chi connectivity index (χ4v) is 3.44. The predicted molar refractivity (Wildman–Crippen MR) is 110 cm³/mol. The van der Waals surface area contributed by atoms with Gasteiger partial charge in [0.25, 0.3) is 0 Å². The van der Waals surface area contributed by atoms with Crippen LogP contribution in [0.5, 0.6) is 0 Å². The van der Waals surface area contributed by atoms with Gasteiger partial charge in [-0.25, -0.2) is 19.9 Å². The first-order valence-electron chi connectivity index (χ1n) is 8.58. The zero-order chi connectivity index (χ0) is 19.7. The highest BCUT2D eigenvalue weighted by Gasteiger charge is 2.22. The molecule has 4 rings (SSSR count). The standard InChI is InChI=1S/C21H17N5OS/c1-13-10-16-12-24-19(26-17(16)18(22)25-13)15-5-3-4-14(11-15)6-7-21(2,27)20-23-8-9-28-20/h3-5,8-12,27H,1-2H3,(H2,22,25). The number of rotatable bonds is 2. The van der Waals surface area contributed by atoms with E-state index in [0.717, 1.165) is 22.2 Å². The third-order valence-corrected chi connectivity index (χ3v) is 5.12. The highest BCUT2D eigenvalue weighted by molar-refractivity contribution is 7.09. The van der Waals surface area contributed by atoms with Crippen molar-refractivity contribution < 1.29 is 5.11 Å². The molecule has 0 spiro atoms. The topological polar surface area (TPSA) is 97.8 Å². The number of anilines is 1. The fraction of sp³-hybridized carbons (Fsp3) is 0.143. The van der Waals surface area contributed by atoms with Gasteiger partial charge in [0.15, 0.2) is 11.4 Å². The van der Waals surface area contributed by atoms with E-state index >= 15 is 0 Å². The number of nitrogens with two attached hydrogens (primary N) is 1. The van der Waals surface area contributed by atoms with Gasteiger partial charge >= 0.3 is 0 Å². The first-order valence-corrected chi connectivity index (χ1v) is 9.46. The highest BCUT2D eigenvalue weighted by atomic mass is 32.1. The van der Waals surface area contributed by atoms with Gasteiger partial charge in [0.2, 0.25) is 0 Å². The van der Waals surface area contributed by atoms with E-state index in [4.69, 9.17) is 5.73 Å². The molecule has 3 heterocycles. The fourth-order valence-electron chi connectivity index (χ4n) is 2.79. The lowest BCUT2D eigenvalue weighted by molar-refractivity contribution is 0.122. The van der Waals surface area contributed by atoms with Gasteiger partial charge < -0.3 is 10.8 Å². The number of hydrogen-bond donors (Lipinski definition) is 2. The molecule has 1 aromatic carbocycles. The van der Waals surface area contributed by atoms with Crippen molar-refractivity contribution in [3.63, 3.8) is 0 Å². The normalized spacial score (nSPS) is 13.0. The number of fused-ring (bicyclic) bond motifs is 1. The van der Waals surface area contributed by atoms with E-state index in [9.17, 15) is 5.11 Å². The van der Waals surface area contributed by atoms with Crippen LogP contribution in [0.15, 0.2) is 48.1 Å². The van der Waals surface area contributed by atoms with Crippen molar-refractivity contribution in [3.05, 3.63) is 64.4 Å². The van der Waals surface area contributed by atoms with E-state index in [0.29, 0.717) is 22.2 Å². The number of aliphatic hydroxyl groups is 1. The first-order chi connectivity index (χ1) is 13.4. The maximum absolute atomic E-state index is 10.5. The third kappa shape index (κ3) is 3.56. The molecule has 0 amide bonds. The van der Waals surface area contributed by atoms with Crippen LogP contribution < -0.4 is 5.73 Å². The van der Waals surface area contributed by atoms with Crippen molar-refractivity contribution in [2.24, 2.45) is 0 Å². The Morgan fingerprint density at radius 3 is 2.82 bits per heavy atom. The summed E-state index contributed by atoms with van der Waals surface area (Å²) in [6.07, 6.45) is 3.39. The van der Waals surface area contributed by atoms with Crippen molar-refractivity contribution >= 4 is 28.1 Å². The van der Waals surface area contributed by atoms with Gasteiger partial charge in [0.05, 0.1) is 0 Å². The Balaban J connectivity index is 1.70. The summed E-state index contributed by atoms with van der Waals surface area (Å²) in [6.45, 7) is 3.51. The molecular formula is C21H17N5OS. The first kappa shape index (κ1) is 18.0. The van der Waals surface area contributed by atoms with Gasteiger partial charge in [0.1, 0.15) is 16.3 Å². The van der Waals surface area contributed by atoms with Crippen molar-refractivity contribution in [2.75, 3.05) is 5.73 Å². The number of nitrogen functional groups attached to an aromatic ring is 1. The Hall–Kier alpha value is -3.34. The average molecular weight is 387 g/mol. The van der Waals surface area contributed by atoms with Crippen LogP contribution in [0.25, 0.3) is 22.3 Å². The molecule has 6 nitrogen and oxygen atoms in total. The number of benzene rings is 1. The summed E-state index contributed by atoms with van der Waals surface area (Å²) in [5.74, 6) is 6.82. The number of nitrogens with zero attached hydrogens (tertiary/aromatic N) is 4. The van der Waals surface area contributed by atoms with Gasteiger partial charge in [-0.2, -0.15) is 0 Å². The van der Waals surface area contributed by atoms with Crippen LogP contribution >= 0.6 is 11.3 Å². The number of pyridine rings is 1. The summed E-state index contributed by atoms with van der Waals surface area (Å²) >= 11 is 1.37. The largest absolute Gasteiger partial charge is 0.382 e. The molecule has 1 atom stereocenters. The second-order valence-corrected chi connectivity index (χ2v) is 7.42.